The summed E-state index contributed by atoms with van der Waals surface area (Å²) in [5.74, 6) is 0. The minimum atomic E-state index is -0.627. The van der Waals surface area contributed by atoms with Crippen LogP contribution in [-0.2, 0) is 0 Å². The fourth-order valence-corrected chi connectivity index (χ4v) is 2.30. The third kappa shape index (κ3) is 4.48. The van der Waals surface area contributed by atoms with Crippen LogP contribution in [0.1, 0.15) is 26.3 Å². The largest absolute Gasteiger partial charge is 0.0785 e. The van der Waals surface area contributed by atoms with Crippen LogP contribution in [0.3, 0.4) is 0 Å². The molecular weight excluding hydrogens is 196 g/mol. The molecule has 0 aliphatic heterocycles. The van der Waals surface area contributed by atoms with Crippen LogP contribution < -0.4 is 5.19 Å². The van der Waals surface area contributed by atoms with Crippen molar-refractivity contribution in [1.29, 1.82) is 0 Å². The van der Waals surface area contributed by atoms with E-state index in [1.54, 1.807) is 5.19 Å². The van der Waals surface area contributed by atoms with Crippen LogP contribution in [0.25, 0.3) is 6.08 Å². The number of rotatable bonds is 2. The number of allylic oxidation sites excluding steroid dienone is 1. The molecule has 1 rings (SSSR count). The minimum Gasteiger partial charge on any atom is -0.0785 e. The van der Waals surface area contributed by atoms with E-state index in [0.717, 1.165) is 0 Å². The predicted octanol–water partition coefficient (Wildman–Crippen LogP) is 3.44. The van der Waals surface area contributed by atoms with Crippen LogP contribution >= 0.6 is 0 Å². The van der Waals surface area contributed by atoms with Crippen molar-refractivity contribution in [2.75, 3.05) is 0 Å². The highest BCUT2D eigenvalue weighted by Gasteiger charge is 2.03. The molecule has 82 valence electrons. The van der Waals surface area contributed by atoms with Crippen molar-refractivity contribution in [3.63, 3.8) is 0 Å². The Morgan fingerprint density at radius 3 is 1.93 bits per heavy atom. The van der Waals surface area contributed by atoms with Gasteiger partial charge in [-0.25, -0.2) is 0 Å². The van der Waals surface area contributed by atoms with E-state index in [9.17, 15) is 0 Å². The molecule has 0 aliphatic rings. The summed E-state index contributed by atoms with van der Waals surface area (Å²) in [6, 6.07) is 9.01. The van der Waals surface area contributed by atoms with Crippen LogP contribution in [0, 0.1) is 5.41 Å². The van der Waals surface area contributed by atoms with Crippen LogP contribution in [0.2, 0.25) is 13.1 Å². The van der Waals surface area contributed by atoms with Crippen molar-refractivity contribution in [2.24, 2.45) is 5.41 Å². The first-order valence-electron chi connectivity index (χ1n) is 5.68. The Kier molecular flexibility index (Phi) is 3.92. The Balaban J connectivity index is 2.77. The SMILES string of the molecule is C[SiH](C)c1ccc(C=CC(C)(C)C)cc1. The molecule has 0 radical (unpaired) electrons. The predicted molar refractivity (Wildman–Crippen MR) is 73.4 cm³/mol. The zero-order valence-electron chi connectivity index (χ0n) is 10.5. The Morgan fingerprint density at radius 1 is 1.00 bits per heavy atom. The van der Waals surface area contributed by atoms with Crippen molar-refractivity contribution in [3.05, 3.63) is 35.9 Å². The zero-order valence-corrected chi connectivity index (χ0v) is 11.7. The maximum Gasteiger partial charge on any atom is 0.0647 e. The van der Waals surface area contributed by atoms with E-state index in [2.05, 4.69) is 70.3 Å². The summed E-state index contributed by atoms with van der Waals surface area (Å²) < 4.78 is 0. The number of hydrogen-bond acceptors (Lipinski definition) is 0. The van der Waals surface area contributed by atoms with Gasteiger partial charge in [-0.05, 0) is 11.0 Å². The molecule has 0 fully saturated rings. The number of hydrogen-bond donors (Lipinski definition) is 0. The fraction of sp³-hybridized carbons (Fsp3) is 0.429. The van der Waals surface area contributed by atoms with Crippen LogP contribution in [0.15, 0.2) is 30.3 Å². The van der Waals surface area contributed by atoms with E-state index in [1.807, 2.05) is 0 Å². The molecule has 0 N–H and O–H groups in total. The first-order chi connectivity index (χ1) is 6.88. The van der Waals surface area contributed by atoms with E-state index in [0.29, 0.717) is 0 Å². The van der Waals surface area contributed by atoms with E-state index in [4.69, 9.17) is 0 Å². The molecule has 0 saturated heterocycles. The van der Waals surface area contributed by atoms with Gasteiger partial charge in [0.25, 0.3) is 0 Å². The second-order valence-electron chi connectivity index (χ2n) is 5.52. The molecule has 1 heteroatoms. The molecule has 0 atom stereocenters. The topological polar surface area (TPSA) is 0 Å². The third-order valence-corrected chi connectivity index (χ3v) is 4.10. The van der Waals surface area contributed by atoms with Gasteiger partial charge in [0.05, 0.1) is 8.80 Å². The summed E-state index contributed by atoms with van der Waals surface area (Å²) in [6.07, 6.45) is 4.47. The van der Waals surface area contributed by atoms with Gasteiger partial charge >= 0.3 is 0 Å². The Labute approximate surface area is 95.6 Å². The Bertz CT molecular complexity index is 325. The van der Waals surface area contributed by atoms with E-state index >= 15 is 0 Å². The van der Waals surface area contributed by atoms with E-state index in [1.165, 1.54) is 5.56 Å². The smallest absolute Gasteiger partial charge is 0.0647 e. The molecule has 0 heterocycles. The normalized spacial score (nSPS) is 12.7. The van der Waals surface area contributed by atoms with Gasteiger partial charge in [-0.3, -0.25) is 0 Å². The summed E-state index contributed by atoms with van der Waals surface area (Å²) in [7, 11) is -0.627. The van der Waals surface area contributed by atoms with Gasteiger partial charge in [-0.1, -0.05) is 75.5 Å². The Hall–Kier alpha value is -0.823. The minimum absolute atomic E-state index is 0.269. The first-order valence-corrected chi connectivity index (χ1v) is 8.56. The maximum absolute atomic E-state index is 2.36. The molecule has 0 spiro atoms. The zero-order chi connectivity index (χ0) is 11.5. The summed E-state index contributed by atoms with van der Waals surface area (Å²) in [5.41, 5.74) is 1.58. The molecule has 0 nitrogen and oxygen atoms in total. The van der Waals surface area contributed by atoms with Crippen molar-refractivity contribution in [2.45, 2.75) is 33.9 Å². The molecule has 0 aliphatic carbocycles. The van der Waals surface area contributed by atoms with Gasteiger partial charge in [-0.15, -0.1) is 0 Å². The molecule has 1 aromatic rings. The molecular formula is C14H22Si. The molecule has 1 aromatic carbocycles. The highest BCUT2D eigenvalue weighted by atomic mass is 28.3. The quantitative estimate of drug-likeness (QED) is 0.667. The average Bonchev–Trinajstić information content (AvgIpc) is 2.14. The van der Waals surface area contributed by atoms with Gasteiger partial charge in [0.15, 0.2) is 0 Å². The number of benzene rings is 1. The maximum atomic E-state index is 2.36. The van der Waals surface area contributed by atoms with Gasteiger partial charge < -0.3 is 0 Å². The lowest BCUT2D eigenvalue weighted by Gasteiger charge is -2.11. The molecule has 0 amide bonds. The van der Waals surface area contributed by atoms with Gasteiger partial charge in [0.2, 0.25) is 0 Å². The van der Waals surface area contributed by atoms with Crippen LogP contribution in [0.5, 0.6) is 0 Å². The Morgan fingerprint density at radius 2 is 1.53 bits per heavy atom. The van der Waals surface area contributed by atoms with Crippen molar-refractivity contribution < 1.29 is 0 Å². The summed E-state index contributed by atoms with van der Waals surface area (Å²) in [5, 5.41) is 1.54. The van der Waals surface area contributed by atoms with Gasteiger partial charge in [0, 0.05) is 0 Å². The van der Waals surface area contributed by atoms with Crippen molar-refractivity contribution >= 4 is 20.1 Å². The highest BCUT2D eigenvalue weighted by Crippen LogP contribution is 2.16. The summed E-state index contributed by atoms with van der Waals surface area (Å²) >= 11 is 0. The van der Waals surface area contributed by atoms with Crippen LogP contribution in [-0.4, -0.2) is 8.80 Å². The lowest BCUT2D eigenvalue weighted by atomic mass is 9.95. The molecule has 15 heavy (non-hydrogen) atoms. The molecule has 0 saturated carbocycles. The summed E-state index contributed by atoms with van der Waals surface area (Å²) in [6.45, 7) is 11.4. The fourth-order valence-electron chi connectivity index (χ4n) is 1.34. The van der Waals surface area contributed by atoms with Gasteiger partial charge in [-0.2, -0.15) is 0 Å². The molecule has 0 aromatic heterocycles. The first kappa shape index (κ1) is 12.2. The second kappa shape index (κ2) is 4.80. The highest BCUT2D eigenvalue weighted by molar-refractivity contribution is 6.70. The van der Waals surface area contributed by atoms with Crippen LogP contribution in [0.4, 0.5) is 0 Å². The molecule has 0 unspecified atom stereocenters. The summed E-state index contributed by atoms with van der Waals surface area (Å²) in [4.78, 5) is 0. The van der Waals surface area contributed by atoms with E-state index in [-0.39, 0.29) is 5.41 Å². The standard InChI is InChI=1S/C14H22Si/c1-14(2,3)11-10-12-6-8-13(9-7-12)15(4)5/h6-11,15H,1-5H3. The molecule has 0 bridgehead atoms. The monoisotopic (exact) mass is 218 g/mol. The van der Waals surface area contributed by atoms with Gasteiger partial charge in [0.1, 0.15) is 0 Å². The third-order valence-electron chi connectivity index (χ3n) is 2.38. The average molecular weight is 218 g/mol. The lowest BCUT2D eigenvalue weighted by molar-refractivity contribution is 0.547. The van der Waals surface area contributed by atoms with E-state index < -0.39 is 8.80 Å². The van der Waals surface area contributed by atoms with Crippen molar-refractivity contribution in [1.82, 2.24) is 0 Å². The lowest BCUT2D eigenvalue weighted by Crippen LogP contribution is -2.21. The van der Waals surface area contributed by atoms with Crippen molar-refractivity contribution in [3.8, 4) is 0 Å². The second-order valence-corrected chi connectivity index (χ2v) is 8.50.